The SMILES string of the molecule is CCCCCC/C=C(/c1ccc(C)cc1)C1CC1(C(=O)OC)C(=O)OC. The third-order valence-electron chi connectivity index (χ3n) is 5.24. The smallest absolute Gasteiger partial charge is 0.323 e. The highest BCUT2D eigenvalue weighted by atomic mass is 16.5. The number of rotatable bonds is 9. The zero-order valence-corrected chi connectivity index (χ0v) is 16.3. The van der Waals surface area contributed by atoms with Crippen molar-refractivity contribution in [3.63, 3.8) is 0 Å². The topological polar surface area (TPSA) is 52.6 Å². The number of methoxy groups -OCH3 is 2. The number of hydrogen-bond donors (Lipinski definition) is 0. The Kier molecular flexibility index (Phi) is 7.01. The third kappa shape index (κ3) is 4.17. The van der Waals surface area contributed by atoms with Crippen molar-refractivity contribution in [3.05, 3.63) is 41.5 Å². The fourth-order valence-corrected chi connectivity index (χ4v) is 3.57. The van der Waals surface area contributed by atoms with Crippen molar-refractivity contribution in [1.29, 1.82) is 0 Å². The van der Waals surface area contributed by atoms with Crippen molar-refractivity contribution >= 4 is 17.5 Å². The molecule has 4 nitrogen and oxygen atoms in total. The van der Waals surface area contributed by atoms with E-state index in [0.717, 1.165) is 24.0 Å². The molecule has 1 fully saturated rings. The van der Waals surface area contributed by atoms with Gasteiger partial charge in [0.1, 0.15) is 0 Å². The van der Waals surface area contributed by atoms with E-state index < -0.39 is 17.4 Å². The molecule has 1 saturated carbocycles. The lowest BCUT2D eigenvalue weighted by Gasteiger charge is -2.15. The Hall–Kier alpha value is -2.10. The van der Waals surface area contributed by atoms with E-state index in [4.69, 9.17) is 9.47 Å². The first kappa shape index (κ1) is 20.2. The van der Waals surface area contributed by atoms with E-state index in [2.05, 4.69) is 37.3 Å². The summed E-state index contributed by atoms with van der Waals surface area (Å²) in [5, 5.41) is 0. The molecular formula is C22H30O4. The minimum absolute atomic E-state index is 0.184. The molecule has 1 aromatic rings. The van der Waals surface area contributed by atoms with Gasteiger partial charge in [-0.3, -0.25) is 9.59 Å². The average Bonchev–Trinajstić information content (AvgIpc) is 3.41. The number of esters is 2. The van der Waals surface area contributed by atoms with Crippen LogP contribution in [0.4, 0.5) is 0 Å². The van der Waals surface area contributed by atoms with E-state index in [1.165, 1.54) is 39.0 Å². The minimum atomic E-state index is -1.19. The second kappa shape index (κ2) is 9.02. The molecule has 1 aliphatic carbocycles. The van der Waals surface area contributed by atoms with Gasteiger partial charge in [0.2, 0.25) is 0 Å². The van der Waals surface area contributed by atoms with Gasteiger partial charge in [0.25, 0.3) is 0 Å². The van der Waals surface area contributed by atoms with Gasteiger partial charge in [-0.05, 0) is 37.3 Å². The standard InChI is InChI=1S/C22H30O4/c1-5-6-7-8-9-10-18(17-13-11-16(2)12-14-17)19-15-22(19,20(23)25-3)21(24)26-4/h10-14,19H,5-9,15H2,1-4H3/b18-10-. The van der Waals surface area contributed by atoms with Crippen molar-refractivity contribution in [1.82, 2.24) is 0 Å². The Labute approximate surface area is 156 Å². The van der Waals surface area contributed by atoms with Gasteiger partial charge in [0.15, 0.2) is 5.41 Å². The number of ether oxygens (including phenoxy) is 2. The molecule has 0 bridgehead atoms. The molecule has 0 spiro atoms. The van der Waals surface area contributed by atoms with Gasteiger partial charge in [0.05, 0.1) is 14.2 Å². The zero-order chi connectivity index (χ0) is 19.2. The van der Waals surface area contributed by atoms with Gasteiger partial charge in [-0.1, -0.05) is 62.1 Å². The van der Waals surface area contributed by atoms with E-state index in [1.807, 2.05) is 6.92 Å². The van der Waals surface area contributed by atoms with Gasteiger partial charge in [-0.2, -0.15) is 0 Å². The van der Waals surface area contributed by atoms with Gasteiger partial charge in [0, 0.05) is 5.92 Å². The molecule has 1 atom stereocenters. The van der Waals surface area contributed by atoms with Gasteiger partial charge in [-0.15, -0.1) is 0 Å². The second-order valence-corrected chi connectivity index (χ2v) is 7.09. The fourth-order valence-electron chi connectivity index (χ4n) is 3.57. The molecule has 1 aliphatic rings. The molecule has 1 unspecified atom stereocenters. The number of allylic oxidation sites excluding steroid dienone is 2. The first-order valence-corrected chi connectivity index (χ1v) is 9.45. The summed E-state index contributed by atoms with van der Waals surface area (Å²) in [5.41, 5.74) is 2.10. The van der Waals surface area contributed by atoms with Crippen molar-refractivity contribution in [2.75, 3.05) is 14.2 Å². The molecule has 0 N–H and O–H groups in total. The summed E-state index contributed by atoms with van der Waals surface area (Å²) >= 11 is 0. The number of unbranched alkanes of at least 4 members (excludes halogenated alkanes) is 4. The lowest BCUT2D eigenvalue weighted by atomic mass is 9.92. The van der Waals surface area contributed by atoms with E-state index in [9.17, 15) is 9.59 Å². The highest BCUT2D eigenvalue weighted by Gasteiger charge is 2.69. The lowest BCUT2D eigenvalue weighted by molar-refractivity contribution is -0.161. The minimum Gasteiger partial charge on any atom is -0.468 e. The van der Waals surface area contributed by atoms with Crippen molar-refractivity contribution in [3.8, 4) is 0 Å². The molecule has 0 aromatic heterocycles. The normalized spacial score (nSPS) is 18.3. The van der Waals surface area contributed by atoms with Crippen LogP contribution in [0.1, 0.15) is 56.6 Å². The van der Waals surface area contributed by atoms with Gasteiger partial charge < -0.3 is 9.47 Å². The lowest BCUT2D eigenvalue weighted by Crippen LogP contribution is -2.30. The zero-order valence-electron chi connectivity index (χ0n) is 16.3. The summed E-state index contributed by atoms with van der Waals surface area (Å²) < 4.78 is 9.85. The van der Waals surface area contributed by atoms with E-state index >= 15 is 0 Å². The number of carbonyl (C=O) groups is 2. The van der Waals surface area contributed by atoms with Gasteiger partial charge >= 0.3 is 11.9 Å². The predicted octanol–water partition coefficient (Wildman–Crippen LogP) is 4.70. The van der Waals surface area contributed by atoms with Crippen molar-refractivity contribution in [2.45, 2.75) is 52.4 Å². The Balaban J connectivity index is 2.29. The molecule has 1 aromatic carbocycles. The molecule has 2 rings (SSSR count). The van der Waals surface area contributed by atoms with Crippen LogP contribution < -0.4 is 0 Å². The maximum Gasteiger partial charge on any atom is 0.323 e. The molecule has 0 aliphatic heterocycles. The number of carbonyl (C=O) groups excluding carboxylic acids is 2. The maximum atomic E-state index is 12.4. The summed E-state index contributed by atoms with van der Waals surface area (Å²) in [6, 6.07) is 8.23. The van der Waals surface area contributed by atoms with Crippen LogP contribution in [0.2, 0.25) is 0 Å². The summed E-state index contributed by atoms with van der Waals surface area (Å²) in [6.07, 6.45) is 8.31. The average molecular weight is 358 g/mol. The Morgan fingerprint density at radius 3 is 2.23 bits per heavy atom. The molecule has 0 amide bonds. The largest absolute Gasteiger partial charge is 0.468 e. The quantitative estimate of drug-likeness (QED) is 0.365. The number of hydrogen-bond acceptors (Lipinski definition) is 4. The van der Waals surface area contributed by atoms with Crippen LogP contribution in [0, 0.1) is 18.3 Å². The van der Waals surface area contributed by atoms with E-state index in [0.29, 0.717) is 6.42 Å². The summed E-state index contributed by atoms with van der Waals surface area (Å²) in [5.74, 6) is -1.19. The van der Waals surface area contributed by atoms with Crippen LogP contribution in [-0.4, -0.2) is 26.2 Å². The summed E-state index contributed by atoms with van der Waals surface area (Å²) in [7, 11) is 2.64. The summed E-state index contributed by atoms with van der Waals surface area (Å²) in [6.45, 7) is 4.24. The molecule has 4 heteroatoms. The van der Waals surface area contributed by atoms with E-state index in [-0.39, 0.29) is 5.92 Å². The van der Waals surface area contributed by atoms with Crippen molar-refractivity contribution < 1.29 is 19.1 Å². The van der Waals surface area contributed by atoms with Crippen LogP contribution in [0.5, 0.6) is 0 Å². The monoisotopic (exact) mass is 358 g/mol. The Bertz CT molecular complexity index is 641. The van der Waals surface area contributed by atoms with Crippen LogP contribution >= 0.6 is 0 Å². The van der Waals surface area contributed by atoms with Crippen LogP contribution in [-0.2, 0) is 19.1 Å². The third-order valence-corrected chi connectivity index (χ3v) is 5.24. The number of benzene rings is 1. The van der Waals surface area contributed by atoms with Crippen molar-refractivity contribution in [2.24, 2.45) is 11.3 Å². The molecule has 0 radical (unpaired) electrons. The first-order chi connectivity index (χ1) is 12.5. The van der Waals surface area contributed by atoms with Crippen LogP contribution in [0.3, 0.4) is 0 Å². The molecule has 142 valence electrons. The highest BCUT2D eigenvalue weighted by Crippen LogP contribution is 2.60. The molecule has 26 heavy (non-hydrogen) atoms. The van der Waals surface area contributed by atoms with Crippen LogP contribution in [0.25, 0.3) is 5.57 Å². The fraction of sp³-hybridized carbons (Fsp3) is 0.545. The highest BCUT2D eigenvalue weighted by molar-refractivity contribution is 6.06. The summed E-state index contributed by atoms with van der Waals surface area (Å²) in [4.78, 5) is 24.7. The number of aryl methyl sites for hydroxylation is 1. The van der Waals surface area contributed by atoms with Gasteiger partial charge in [-0.25, -0.2) is 0 Å². The Morgan fingerprint density at radius 1 is 1.08 bits per heavy atom. The molecule has 0 saturated heterocycles. The van der Waals surface area contributed by atoms with E-state index in [1.54, 1.807) is 0 Å². The molecule has 0 heterocycles. The molecular weight excluding hydrogens is 328 g/mol. The van der Waals surface area contributed by atoms with Crippen LogP contribution in [0.15, 0.2) is 30.3 Å². The second-order valence-electron chi connectivity index (χ2n) is 7.09. The maximum absolute atomic E-state index is 12.4. The predicted molar refractivity (Wildman–Crippen MR) is 102 cm³/mol. The Morgan fingerprint density at radius 2 is 1.69 bits per heavy atom. The first-order valence-electron chi connectivity index (χ1n) is 9.45.